The highest BCUT2D eigenvalue weighted by Gasteiger charge is 2.36. The monoisotopic (exact) mass is 594 g/mol. The van der Waals surface area contributed by atoms with Crippen LogP contribution in [0.5, 0.6) is 5.88 Å². The van der Waals surface area contributed by atoms with Crippen molar-refractivity contribution in [3.05, 3.63) is 64.4 Å². The van der Waals surface area contributed by atoms with Crippen LogP contribution in [0.3, 0.4) is 0 Å². The summed E-state index contributed by atoms with van der Waals surface area (Å²) in [7, 11) is 1.50. The highest BCUT2D eigenvalue weighted by molar-refractivity contribution is 6.33. The summed E-state index contributed by atoms with van der Waals surface area (Å²) in [6, 6.07) is 7.63. The molecule has 0 aliphatic carbocycles. The first-order valence-electron chi connectivity index (χ1n) is 14.1. The second-order valence-electron chi connectivity index (χ2n) is 10.5. The average Bonchev–Trinajstić information content (AvgIpc) is 3.35. The third-order valence-electron chi connectivity index (χ3n) is 7.79. The van der Waals surface area contributed by atoms with Crippen molar-refractivity contribution < 1.29 is 24.2 Å². The van der Waals surface area contributed by atoms with Gasteiger partial charge >= 0.3 is 0 Å². The number of aromatic nitrogens is 3. The number of hydrogen-bond donors (Lipinski definition) is 3. The minimum atomic E-state index is -0.842. The molecule has 3 unspecified atom stereocenters. The van der Waals surface area contributed by atoms with Crippen LogP contribution in [0, 0.1) is 0 Å². The number of aliphatic hydroxyl groups is 1. The van der Waals surface area contributed by atoms with Crippen molar-refractivity contribution in [2.24, 2.45) is 0 Å². The van der Waals surface area contributed by atoms with Crippen molar-refractivity contribution in [3.63, 3.8) is 0 Å². The van der Waals surface area contributed by atoms with Crippen LogP contribution in [-0.2, 0) is 16.1 Å². The lowest BCUT2D eigenvalue weighted by Crippen LogP contribution is -2.48. The lowest BCUT2D eigenvalue weighted by molar-refractivity contribution is -0.126. The fraction of sp³-hybridized carbons (Fsp3) is 0.433. The van der Waals surface area contributed by atoms with Gasteiger partial charge in [0.1, 0.15) is 6.04 Å². The topological polar surface area (TPSA) is 139 Å². The highest BCUT2D eigenvalue weighted by Crippen LogP contribution is 2.33. The Hall–Kier alpha value is -3.80. The Kier molecular flexibility index (Phi) is 9.20. The number of anilines is 1. The van der Waals surface area contributed by atoms with Gasteiger partial charge in [-0.3, -0.25) is 9.59 Å². The predicted molar refractivity (Wildman–Crippen MR) is 157 cm³/mol. The molecule has 2 amide bonds. The van der Waals surface area contributed by atoms with E-state index < -0.39 is 18.2 Å². The fourth-order valence-electron chi connectivity index (χ4n) is 5.23. The van der Waals surface area contributed by atoms with Gasteiger partial charge < -0.3 is 30.1 Å². The first kappa shape index (κ1) is 29.7. The van der Waals surface area contributed by atoms with Gasteiger partial charge in [0.15, 0.2) is 0 Å². The molecular weight excluding hydrogens is 560 g/mol. The van der Waals surface area contributed by atoms with Crippen molar-refractivity contribution in [2.75, 3.05) is 25.6 Å². The van der Waals surface area contributed by atoms with E-state index in [4.69, 9.17) is 21.1 Å². The summed E-state index contributed by atoms with van der Waals surface area (Å²) in [5.74, 6) is 0.195. The number of ether oxygens (including phenoxy) is 2. The first-order valence-corrected chi connectivity index (χ1v) is 14.5. The predicted octanol–water partition coefficient (Wildman–Crippen LogP) is 3.76. The molecule has 1 fully saturated rings. The third kappa shape index (κ3) is 6.33. The summed E-state index contributed by atoms with van der Waals surface area (Å²) in [6.45, 7) is 5.17. The Morgan fingerprint density at radius 2 is 2.02 bits per heavy atom. The molecule has 2 aliphatic heterocycles. The number of carbonyl (C=O) groups is 2. The van der Waals surface area contributed by atoms with E-state index in [-0.39, 0.29) is 24.4 Å². The fourth-order valence-corrected chi connectivity index (χ4v) is 5.43. The SMILES string of the molecule is CCC(O)C(NC(=O)C(C)N1Cc2ccc(-c3nc(NC4CCOCC4)ncc3Cl)cc2C1=O)c1ccnc(OC)c1. The van der Waals surface area contributed by atoms with E-state index in [1.54, 1.807) is 37.5 Å². The number of benzene rings is 1. The molecular formula is C30H35ClN6O5. The molecule has 12 heteroatoms. The van der Waals surface area contributed by atoms with E-state index in [0.717, 1.165) is 18.4 Å². The Morgan fingerprint density at radius 3 is 2.76 bits per heavy atom. The molecule has 0 bridgehead atoms. The van der Waals surface area contributed by atoms with Gasteiger partial charge in [-0.25, -0.2) is 15.0 Å². The quantitative estimate of drug-likeness (QED) is 0.320. The van der Waals surface area contributed by atoms with Crippen molar-refractivity contribution in [3.8, 4) is 17.1 Å². The van der Waals surface area contributed by atoms with Crippen LogP contribution < -0.4 is 15.4 Å². The van der Waals surface area contributed by atoms with Crippen molar-refractivity contribution in [1.29, 1.82) is 0 Å². The van der Waals surface area contributed by atoms with E-state index in [9.17, 15) is 14.7 Å². The number of aliphatic hydroxyl groups excluding tert-OH is 1. The molecule has 1 aromatic carbocycles. The highest BCUT2D eigenvalue weighted by atomic mass is 35.5. The normalized spacial score (nSPS) is 17.4. The Labute approximate surface area is 249 Å². The maximum atomic E-state index is 13.6. The van der Waals surface area contributed by atoms with E-state index in [2.05, 4.69) is 25.6 Å². The first-order chi connectivity index (χ1) is 20.3. The third-order valence-corrected chi connectivity index (χ3v) is 8.07. The number of nitrogens with one attached hydrogen (secondary N) is 2. The number of fused-ring (bicyclic) bond motifs is 1. The lowest BCUT2D eigenvalue weighted by Gasteiger charge is -2.29. The molecule has 4 heterocycles. The van der Waals surface area contributed by atoms with Crippen molar-refractivity contribution in [1.82, 2.24) is 25.2 Å². The van der Waals surface area contributed by atoms with Crippen LogP contribution in [0.1, 0.15) is 60.6 Å². The van der Waals surface area contributed by atoms with Crippen LogP contribution in [0.4, 0.5) is 5.95 Å². The van der Waals surface area contributed by atoms with Gasteiger partial charge in [0.2, 0.25) is 17.7 Å². The minimum absolute atomic E-state index is 0.217. The molecule has 3 N–H and O–H groups in total. The molecule has 0 spiro atoms. The molecule has 5 rings (SSSR count). The summed E-state index contributed by atoms with van der Waals surface area (Å²) < 4.78 is 10.6. The zero-order chi connectivity index (χ0) is 29.8. The minimum Gasteiger partial charge on any atom is -0.481 e. The Morgan fingerprint density at radius 1 is 1.24 bits per heavy atom. The lowest BCUT2D eigenvalue weighted by atomic mass is 10.00. The number of rotatable bonds is 10. The molecule has 3 atom stereocenters. The maximum absolute atomic E-state index is 13.6. The summed E-state index contributed by atoms with van der Waals surface area (Å²) in [5, 5.41) is 17.4. The van der Waals surface area contributed by atoms with Crippen LogP contribution in [0.15, 0.2) is 42.7 Å². The van der Waals surface area contributed by atoms with Crippen molar-refractivity contribution >= 4 is 29.4 Å². The number of methoxy groups -OCH3 is 1. The van der Waals surface area contributed by atoms with Gasteiger partial charge in [-0.05, 0) is 49.4 Å². The zero-order valence-electron chi connectivity index (χ0n) is 23.8. The number of amides is 2. The number of pyridine rings is 1. The van der Waals surface area contributed by atoms with Crippen molar-refractivity contribution in [2.45, 2.75) is 63.9 Å². The molecule has 222 valence electrons. The summed E-state index contributed by atoms with van der Waals surface area (Å²) in [6.07, 6.45) is 4.42. The van der Waals surface area contributed by atoms with Crippen LogP contribution in [0.25, 0.3) is 11.3 Å². The van der Waals surface area contributed by atoms with E-state index in [1.165, 1.54) is 12.0 Å². The van der Waals surface area contributed by atoms with Crippen LogP contribution in [0.2, 0.25) is 5.02 Å². The molecule has 0 radical (unpaired) electrons. The average molecular weight is 595 g/mol. The van der Waals surface area contributed by atoms with Crippen LogP contribution >= 0.6 is 11.6 Å². The maximum Gasteiger partial charge on any atom is 0.255 e. The van der Waals surface area contributed by atoms with Gasteiger partial charge in [-0.2, -0.15) is 0 Å². The smallest absolute Gasteiger partial charge is 0.255 e. The van der Waals surface area contributed by atoms with Gasteiger partial charge in [-0.15, -0.1) is 0 Å². The molecule has 0 saturated carbocycles. The molecule has 1 saturated heterocycles. The number of nitrogens with zero attached hydrogens (tertiary/aromatic N) is 4. The molecule has 11 nitrogen and oxygen atoms in total. The summed E-state index contributed by atoms with van der Waals surface area (Å²) >= 11 is 6.48. The molecule has 2 aliphatic rings. The number of carbonyl (C=O) groups excluding carboxylic acids is 2. The van der Waals surface area contributed by atoms with E-state index in [1.807, 2.05) is 19.1 Å². The molecule has 2 aromatic heterocycles. The number of hydrogen-bond acceptors (Lipinski definition) is 9. The molecule has 3 aromatic rings. The Bertz CT molecular complexity index is 1450. The second-order valence-corrected chi connectivity index (χ2v) is 10.9. The van der Waals surface area contributed by atoms with Gasteiger partial charge in [0.05, 0.1) is 36.2 Å². The standard InChI is InChI=1S/C30H35ClN6O5/c1-4-24(38)27(19-7-10-32-25(14-19)41-3)35-28(39)17(2)37-16-20-6-5-18(13-22(20)29(37)40)26-23(31)15-33-30(36-26)34-21-8-11-42-12-9-21/h5-7,10,13-15,17,21,24,27,38H,4,8-9,11-12,16H2,1-3H3,(H,35,39)(H,33,34,36). The number of halogens is 1. The van der Waals surface area contributed by atoms with E-state index in [0.29, 0.717) is 58.9 Å². The Balaban J connectivity index is 1.32. The van der Waals surface area contributed by atoms with Crippen LogP contribution in [-0.4, -0.2) is 75.3 Å². The van der Waals surface area contributed by atoms with Gasteiger partial charge in [-0.1, -0.05) is 30.7 Å². The second kappa shape index (κ2) is 13.0. The van der Waals surface area contributed by atoms with Gasteiger partial charge in [0.25, 0.3) is 5.91 Å². The van der Waals surface area contributed by atoms with Gasteiger partial charge in [0, 0.05) is 49.2 Å². The summed E-state index contributed by atoms with van der Waals surface area (Å²) in [5.41, 5.74) is 3.15. The molecule has 42 heavy (non-hydrogen) atoms. The largest absolute Gasteiger partial charge is 0.481 e. The zero-order valence-corrected chi connectivity index (χ0v) is 24.6. The summed E-state index contributed by atoms with van der Waals surface area (Å²) in [4.78, 5) is 41.6. The van der Waals surface area contributed by atoms with E-state index >= 15 is 0 Å².